The van der Waals surface area contributed by atoms with Crippen molar-refractivity contribution < 1.29 is 27.2 Å². The van der Waals surface area contributed by atoms with Crippen LogP contribution in [0, 0.1) is 11.8 Å². The highest BCUT2D eigenvalue weighted by Crippen LogP contribution is 2.35. The quantitative estimate of drug-likeness (QED) is 0.303. The fourth-order valence-electron chi connectivity index (χ4n) is 4.99. The number of benzene rings is 1. The molecule has 0 saturated carbocycles. The van der Waals surface area contributed by atoms with E-state index in [4.69, 9.17) is 9.26 Å². The third-order valence-electron chi connectivity index (χ3n) is 7.00. The summed E-state index contributed by atoms with van der Waals surface area (Å²) in [4.78, 5) is 18.4. The van der Waals surface area contributed by atoms with Crippen molar-refractivity contribution in [2.75, 3.05) is 26.2 Å². The highest BCUT2D eigenvalue weighted by Gasteiger charge is 2.34. The lowest BCUT2D eigenvalue weighted by molar-refractivity contribution is -0.149. The molecule has 1 aromatic carbocycles. The molecule has 3 aromatic rings. The lowest BCUT2D eigenvalue weighted by atomic mass is 9.96. The van der Waals surface area contributed by atoms with E-state index in [2.05, 4.69) is 34.0 Å². The average molecular weight is 548 g/mol. The Bertz CT molecular complexity index is 1260. The Morgan fingerprint density at radius 2 is 1.92 bits per heavy atom. The van der Waals surface area contributed by atoms with E-state index in [0.717, 1.165) is 18.2 Å². The number of aryl methyl sites for hydroxylation is 1. The van der Waals surface area contributed by atoms with Gasteiger partial charge in [0.25, 0.3) is 5.89 Å². The minimum absolute atomic E-state index is 0.0829. The van der Waals surface area contributed by atoms with E-state index in [1.165, 1.54) is 6.07 Å². The van der Waals surface area contributed by atoms with Gasteiger partial charge in [-0.2, -0.15) is 23.3 Å². The van der Waals surface area contributed by atoms with E-state index in [0.29, 0.717) is 57.2 Å². The highest BCUT2D eigenvalue weighted by atomic mass is 19.4. The predicted molar refractivity (Wildman–Crippen MR) is 140 cm³/mol. The number of rotatable bonds is 10. The molecular formula is C28H36F3N5O3. The summed E-state index contributed by atoms with van der Waals surface area (Å²) in [7, 11) is 0. The number of carbonyl (C=O) groups excluding carboxylic acids is 1. The van der Waals surface area contributed by atoms with Gasteiger partial charge in [0.1, 0.15) is 0 Å². The minimum atomic E-state index is -4.53. The van der Waals surface area contributed by atoms with Gasteiger partial charge in [-0.1, -0.05) is 31.1 Å². The lowest BCUT2D eigenvalue weighted by Crippen LogP contribution is -2.38. The fraction of sp³-hybridized carbons (Fsp3) is 0.571. The van der Waals surface area contributed by atoms with E-state index in [1.807, 2.05) is 17.7 Å². The van der Waals surface area contributed by atoms with Crippen molar-refractivity contribution >= 4 is 5.97 Å². The summed E-state index contributed by atoms with van der Waals surface area (Å²) in [6, 6.07) is 6.07. The van der Waals surface area contributed by atoms with Crippen LogP contribution in [0.5, 0.6) is 0 Å². The van der Waals surface area contributed by atoms with Crippen LogP contribution in [0.25, 0.3) is 23.0 Å². The number of hydrogen-bond donors (Lipinski definition) is 0. The maximum atomic E-state index is 14.0. The molecule has 2 aromatic heterocycles. The third kappa shape index (κ3) is 7.06. The van der Waals surface area contributed by atoms with E-state index < -0.39 is 11.7 Å². The molecule has 3 heterocycles. The number of carbonyl (C=O) groups is 1. The molecule has 8 nitrogen and oxygen atoms in total. The number of hydrogen-bond acceptors (Lipinski definition) is 7. The van der Waals surface area contributed by atoms with Gasteiger partial charge < -0.3 is 14.2 Å². The second-order valence-electron chi connectivity index (χ2n) is 10.3. The number of ether oxygens (including phenoxy) is 1. The van der Waals surface area contributed by atoms with Crippen LogP contribution in [0.4, 0.5) is 13.2 Å². The maximum absolute atomic E-state index is 14.0. The third-order valence-corrected chi connectivity index (χ3v) is 7.00. The Kier molecular flexibility index (Phi) is 9.09. The molecule has 1 fully saturated rings. The van der Waals surface area contributed by atoms with Gasteiger partial charge in [-0.15, -0.1) is 0 Å². The van der Waals surface area contributed by atoms with Crippen LogP contribution >= 0.6 is 0 Å². The predicted octanol–water partition coefficient (Wildman–Crippen LogP) is 5.65. The van der Waals surface area contributed by atoms with Gasteiger partial charge in [0, 0.05) is 24.3 Å². The Morgan fingerprint density at radius 1 is 1.18 bits per heavy atom. The summed E-state index contributed by atoms with van der Waals surface area (Å²) >= 11 is 0. The molecule has 0 N–H and O–H groups in total. The molecule has 0 atom stereocenters. The smallest absolute Gasteiger partial charge is 0.416 e. The van der Waals surface area contributed by atoms with E-state index >= 15 is 0 Å². The molecule has 4 rings (SSSR count). The van der Waals surface area contributed by atoms with Crippen LogP contribution in [0.2, 0.25) is 0 Å². The first-order valence-corrected chi connectivity index (χ1v) is 13.6. The summed E-state index contributed by atoms with van der Waals surface area (Å²) < 4.78 is 54.5. The van der Waals surface area contributed by atoms with Gasteiger partial charge in [-0.25, -0.2) is 0 Å². The second-order valence-corrected chi connectivity index (χ2v) is 10.3. The van der Waals surface area contributed by atoms with Gasteiger partial charge in [0.2, 0.25) is 5.82 Å². The topological polar surface area (TPSA) is 86.3 Å². The Hall–Kier alpha value is -3.21. The first-order chi connectivity index (χ1) is 18.6. The maximum Gasteiger partial charge on any atom is 0.416 e. The number of halogens is 3. The number of alkyl halides is 3. The SMILES string of the molecule is CCOC(=O)C1CCN(CCc2ccc(-c3noc(-c4cc(CC(C)C)n(CC)n4)n3)cc2C(F)(F)F)CC1. The van der Waals surface area contributed by atoms with Crippen LogP contribution < -0.4 is 0 Å². The van der Waals surface area contributed by atoms with Crippen LogP contribution in [0.3, 0.4) is 0 Å². The molecule has 39 heavy (non-hydrogen) atoms. The zero-order valence-electron chi connectivity index (χ0n) is 22.9. The molecule has 0 radical (unpaired) electrons. The molecule has 0 bridgehead atoms. The van der Waals surface area contributed by atoms with E-state index in [-0.39, 0.29) is 41.2 Å². The number of nitrogens with zero attached hydrogens (tertiary/aromatic N) is 5. The molecule has 212 valence electrons. The van der Waals surface area contributed by atoms with Gasteiger partial charge in [0.15, 0.2) is 5.69 Å². The molecule has 1 aliphatic heterocycles. The minimum Gasteiger partial charge on any atom is -0.466 e. The molecule has 0 amide bonds. The zero-order valence-corrected chi connectivity index (χ0v) is 22.9. The van der Waals surface area contributed by atoms with Crippen LogP contribution in [-0.4, -0.2) is 57.0 Å². The van der Waals surface area contributed by atoms with Crippen molar-refractivity contribution in [3.63, 3.8) is 0 Å². The van der Waals surface area contributed by atoms with Crippen LogP contribution in [0.15, 0.2) is 28.8 Å². The Balaban J connectivity index is 1.47. The highest BCUT2D eigenvalue weighted by molar-refractivity contribution is 5.72. The Morgan fingerprint density at radius 3 is 2.56 bits per heavy atom. The summed E-state index contributed by atoms with van der Waals surface area (Å²) in [6.07, 6.45) is -2.15. The number of esters is 1. The van der Waals surface area contributed by atoms with Crippen LogP contribution in [0.1, 0.15) is 57.4 Å². The average Bonchev–Trinajstić information content (AvgIpc) is 3.54. The summed E-state index contributed by atoms with van der Waals surface area (Å²) in [6.45, 7) is 10.8. The van der Waals surface area contributed by atoms with Crippen molar-refractivity contribution in [2.45, 2.75) is 66.1 Å². The summed E-state index contributed by atoms with van der Waals surface area (Å²) in [5.74, 6) is 0.370. The first kappa shape index (κ1) is 28.8. The van der Waals surface area contributed by atoms with Crippen molar-refractivity contribution in [1.29, 1.82) is 0 Å². The standard InChI is InChI=1S/C28H36F3N5O3/c1-5-36-22(15-18(3)4)17-24(33-36)26-32-25(34-39-26)21-8-7-19(23(16-21)28(29,30)31)9-12-35-13-10-20(11-14-35)27(37)38-6-2/h7-8,16-18,20H,5-6,9-15H2,1-4H3. The first-order valence-electron chi connectivity index (χ1n) is 13.6. The van der Waals surface area contributed by atoms with Gasteiger partial charge in [-0.3, -0.25) is 9.48 Å². The molecule has 0 aliphatic carbocycles. The molecule has 1 aliphatic rings. The normalized spacial score (nSPS) is 15.3. The monoisotopic (exact) mass is 547 g/mol. The van der Waals surface area contributed by atoms with Crippen molar-refractivity contribution in [2.24, 2.45) is 11.8 Å². The Labute approximate surface area is 226 Å². The van der Waals surface area contributed by atoms with Crippen molar-refractivity contribution in [3.05, 3.63) is 41.1 Å². The number of likely N-dealkylation sites (tertiary alicyclic amines) is 1. The molecule has 11 heteroatoms. The molecule has 1 saturated heterocycles. The summed E-state index contributed by atoms with van der Waals surface area (Å²) in [5.41, 5.74) is 1.28. The number of piperidine rings is 1. The van der Waals surface area contributed by atoms with Gasteiger partial charge >= 0.3 is 12.1 Å². The molecule has 0 spiro atoms. The van der Waals surface area contributed by atoms with Crippen molar-refractivity contribution in [1.82, 2.24) is 24.8 Å². The van der Waals surface area contributed by atoms with Gasteiger partial charge in [0.05, 0.1) is 18.1 Å². The summed E-state index contributed by atoms with van der Waals surface area (Å²) in [5, 5.41) is 8.48. The number of aromatic nitrogens is 4. The largest absolute Gasteiger partial charge is 0.466 e. The molecular weight excluding hydrogens is 511 g/mol. The van der Waals surface area contributed by atoms with Gasteiger partial charge in [-0.05, 0) is 76.2 Å². The lowest BCUT2D eigenvalue weighted by Gasteiger charge is -2.31. The van der Waals surface area contributed by atoms with Crippen LogP contribution in [-0.2, 0) is 35.1 Å². The second kappa shape index (κ2) is 12.3. The fourth-order valence-corrected chi connectivity index (χ4v) is 4.99. The van der Waals surface area contributed by atoms with E-state index in [1.54, 1.807) is 13.0 Å². The zero-order chi connectivity index (χ0) is 28.2. The van der Waals surface area contributed by atoms with E-state index in [9.17, 15) is 18.0 Å². The molecule has 0 unspecified atom stereocenters. The van der Waals surface area contributed by atoms with Crippen molar-refractivity contribution in [3.8, 4) is 23.0 Å².